The van der Waals surface area contributed by atoms with E-state index in [1.54, 1.807) is 0 Å². The summed E-state index contributed by atoms with van der Waals surface area (Å²) in [6, 6.07) is 1.93. The fourth-order valence-electron chi connectivity index (χ4n) is 3.35. The first-order chi connectivity index (χ1) is 10.2. The Morgan fingerprint density at radius 3 is 3.43 bits per heavy atom. The molecule has 2 N–H and O–H groups in total. The van der Waals surface area contributed by atoms with Gasteiger partial charge in [-0.15, -0.1) is 0 Å². The van der Waals surface area contributed by atoms with Crippen LogP contribution >= 0.6 is 0 Å². The van der Waals surface area contributed by atoms with Gasteiger partial charge in [-0.1, -0.05) is 6.58 Å². The second-order valence-corrected chi connectivity index (χ2v) is 6.01. The van der Waals surface area contributed by atoms with Crippen molar-refractivity contribution in [2.75, 3.05) is 24.5 Å². The van der Waals surface area contributed by atoms with E-state index in [2.05, 4.69) is 31.7 Å². The molecule has 2 atom stereocenters. The molecule has 0 spiro atoms. The second-order valence-electron chi connectivity index (χ2n) is 6.01. The fraction of sp³-hybridized carbons (Fsp3) is 0.400. The van der Waals surface area contributed by atoms with E-state index in [0.717, 1.165) is 36.6 Å². The molecule has 6 nitrogen and oxygen atoms in total. The number of rotatable bonds is 4. The summed E-state index contributed by atoms with van der Waals surface area (Å²) >= 11 is 0. The maximum atomic E-state index is 11.3. The molecule has 1 saturated carbocycles. The van der Waals surface area contributed by atoms with Crippen LogP contribution in [0.25, 0.3) is 11.2 Å². The van der Waals surface area contributed by atoms with Crippen LogP contribution in [0.5, 0.6) is 0 Å². The van der Waals surface area contributed by atoms with Gasteiger partial charge in [0, 0.05) is 31.2 Å². The molecule has 4 rings (SSSR count). The number of aromatic amines is 1. The quantitative estimate of drug-likeness (QED) is 0.824. The molecule has 108 valence electrons. The molecular weight excluding hydrogens is 266 g/mol. The predicted molar refractivity (Wildman–Crippen MR) is 79.8 cm³/mol. The highest BCUT2D eigenvalue weighted by molar-refractivity contribution is 5.86. The molecule has 0 bridgehead atoms. The number of nitrogens with one attached hydrogen (secondary N) is 2. The van der Waals surface area contributed by atoms with Gasteiger partial charge in [0.2, 0.25) is 5.91 Å². The van der Waals surface area contributed by atoms with Crippen molar-refractivity contribution in [3.63, 3.8) is 0 Å². The number of H-pyrrole nitrogens is 1. The van der Waals surface area contributed by atoms with Gasteiger partial charge < -0.3 is 15.2 Å². The van der Waals surface area contributed by atoms with E-state index in [1.807, 2.05) is 18.5 Å². The van der Waals surface area contributed by atoms with Crippen LogP contribution in [0, 0.1) is 11.3 Å². The van der Waals surface area contributed by atoms with Gasteiger partial charge in [0.25, 0.3) is 0 Å². The molecule has 2 fully saturated rings. The van der Waals surface area contributed by atoms with Gasteiger partial charge in [-0.25, -0.2) is 9.97 Å². The second kappa shape index (κ2) is 4.31. The Hall–Kier alpha value is -2.37. The van der Waals surface area contributed by atoms with Crippen LogP contribution in [0.4, 0.5) is 5.82 Å². The number of carbonyl (C=O) groups excluding carboxylic acids is 1. The average molecular weight is 283 g/mol. The normalized spacial score (nSPS) is 26.7. The molecule has 1 amide bonds. The zero-order valence-electron chi connectivity index (χ0n) is 11.7. The molecule has 1 saturated heterocycles. The Kier molecular flexibility index (Phi) is 2.54. The van der Waals surface area contributed by atoms with Gasteiger partial charge in [0.15, 0.2) is 5.65 Å². The average Bonchev–Trinajstić information content (AvgIpc) is 2.89. The van der Waals surface area contributed by atoms with Gasteiger partial charge >= 0.3 is 0 Å². The van der Waals surface area contributed by atoms with Crippen LogP contribution in [0.15, 0.2) is 31.1 Å². The smallest absolute Gasteiger partial charge is 0.243 e. The Labute approximate surface area is 122 Å². The van der Waals surface area contributed by atoms with Crippen molar-refractivity contribution in [2.45, 2.75) is 6.42 Å². The highest BCUT2D eigenvalue weighted by Gasteiger charge is 2.60. The van der Waals surface area contributed by atoms with Crippen molar-refractivity contribution in [3.8, 4) is 0 Å². The van der Waals surface area contributed by atoms with Crippen molar-refractivity contribution >= 4 is 22.9 Å². The number of anilines is 1. The Bertz CT molecular complexity index is 724. The molecule has 0 unspecified atom stereocenters. The summed E-state index contributed by atoms with van der Waals surface area (Å²) in [5.74, 6) is 1.47. The molecule has 0 aromatic carbocycles. The Balaban J connectivity index is 1.49. The Morgan fingerprint density at radius 1 is 1.67 bits per heavy atom. The third kappa shape index (κ3) is 1.98. The maximum Gasteiger partial charge on any atom is 0.243 e. The lowest BCUT2D eigenvalue weighted by Crippen LogP contribution is -2.33. The first-order valence-electron chi connectivity index (χ1n) is 7.15. The monoisotopic (exact) mass is 283 g/mol. The third-order valence-corrected chi connectivity index (χ3v) is 4.68. The first kappa shape index (κ1) is 12.4. The molecular formula is C15H17N5O. The zero-order chi connectivity index (χ0) is 14.4. The molecule has 2 aromatic heterocycles. The van der Waals surface area contributed by atoms with Crippen molar-refractivity contribution in [1.82, 2.24) is 20.3 Å². The molecule has 1 aliphatic heterocycles. The first-order valence-corrected chi connectivity index (χ1v) is 7.15. The van der Waals surface area contributed by atoms with E-state index >= 15 is 0 Å². The van der Waals surface area contributed by atoms with Crippen LogP contribution < -0.4 is 10.2 Å². The third-order valence-electron chi connectivity index (χ3n) is 4.68. The minimum absolute atomic E-state index is 0.0954. The molecule has 6 heteroatoms. The van der Waals surface area contributed by atoms with Gasteiger partial charge in [-0.3, -0.25) is 4.79 Å². The molecule has 1 aliphatic carbocycles. The molecule has 0 radical (unpaired) electrons. The lowest BCUT2D eigenvalue weighted by molar-refractivity contribution is -0.116. The van der Waals surface area contributed by atoms with E-state index in [9.17, 15) is 4.79 Å². The molecule has 21 heavy (non-hydrogen) atoms. The summed E-state index contributed by atoms with van der Waals surface area (Å²) in [4.78, 5) is 25.7. The van der Waals surface area contributed by atoms with E-state index < -0.39 is 0 Å². The number of piperidine rings is 1. The lowest BCUT2D eigenvalue weighted by atomic mass is 10.1. The SMILES string of the molecule is C=CC(=O)NC[C@@]12C[C@@H]1CN(c1cnc3[nH]ccc3n1)C2. The summed E-state index contributed by atoms with van der Waals surface area (Å²) < 4.78 is 0. The minimum Gasteiger partial charge on any atom is -0.354 e. The summed E-state index contributed by atoms with van der Waals surface area (Å²) in [6.07, 6.45) is 6.18. The van der Waals surface area contributed by atoms with Crippen molar-refractivity contribution in [2.24, 2.45) is 11.3 Å². The summed E-state index contributed by atoms with van der Waals surface area (Å²) in [5.41, 5.74) is 1.92. The zero-order valence-corrected chi connectivity index (χ0v) is 11.7. The number of fused-ring (bicyclic) bond motifs is 2. The van der Waals surface area contributed by atoms with Crippen LogP contribution in [-0.2, 0) is 4.79 Å². The van der Waals surface area contributed by atoms with E-state index in [0.29, 0.717) is 5.92 Å². The fourth-order valence-corrected chi connectivity index (χ4v) is 3.35. The van der Waals surface area contributed by atoms with Crippen LogP contribution in [0.2, 0.25) is 0 Å². The highest BCUT2D eigenvalue weighted by atomic mass is 16.1. The van der Waals surface area contributed by atoms with Crippen molar-refractivity contribution in [3.05, 3.63) is 31.1 Å². The van der Waals surface area contributed by atoms with E-state index in [-0.39, 0.29) is 11.3 Å². The summed E-state index contributed by atoms with van der Waals surface area (Å²) in [5, 5.41) is 2.93. The topological polar surface area (TPSA) is 73.9 Å². The lowest BCUT2D eigenvalue weighted by Gasteiger charge is -2.21. The number of hydrogen-bond donors (Lipinski definition) is 2. The minimum atomic E-state index is -0.0954. The van der Waals surface area contributed by atoms with Gasteiger partial charge in [0.1, 0.15) is 11.3 Å². The van der Waals surface area contributed by atoms with Crippen molar-refractivity contribution < 1.29 is 4.79 Å². The largest absolute Gasteiger partial charge is 0.354 e. The molecule has 3 heterocycles. The number of aromatic nitrogens is 3. The summed E-state index contributed by atoms with van der Waals surface area (Å²) in [6.45, 7) is 6.13. The number of amides is 1. The predicted octanol–water partition coefficient (Wildman–Crippen LogP) is 1.09. The molecule has 2 aromatic rings. The van der Waals surface area contributed by atoms with Gasteiger partial charge in [-0.05, 0) is 24.5 Å². The highest BCUT2D eigenvalue weighted by Crippen LogP contribution is 2.57. The summed E-state index contributed by atoms with van der Waals surface area (Å²) in [7, 11) is 0. The number of nitrogens with zero attached hydrogens (tertiary/aromatic N) is 3. The number of hydrogen-bond acceptors (Lipinski definition) is 4. The van der Waals surface area contributed by atoms with Gasteiger partial charge in [-0.2, -0.15) is 0 Å². The van der Waals surface area contributed by atoms with E-state index in [1.165, 1.54) is 12.5 Å². The van der Waals surface area contributed by atoms with Gasteiger partial charge in [0.05, 0.1) is 6.20 Å². The van der Waals surface area contributed by atoms with E-state index in [4.69, 9.17) is 0 Å². The maximum absolute atomic E-state index is 11.3. The van der Waals surface area contributed by atoms with Crippen LogP contribution in [0.3, 0.4) is 0 Å². The van der Waals surface area contributed by atoms with Crippen molar-refractivity contribution in [1.29, 1.82) is 0 Å². The Morgan fingerprint density at radius 2 is 2.57 bits per heavy atom. The number of carbonyl (C=O) groups is 1. The molecule has 2 aliphatic rings. The van der Waals surface area contributed by atoms with Crippen LogP contribution in [-0.4, -0.2) is 40.5 Å². The standard InChI is InChI=1S/C15H17N5O/c1-2-13(21)18-8-15-5-10(15)7-20(9-15)12-6-17-14-11(19-12)3-4-16-14/h2-4,6,10H,1,5,7-9H2,(H,16,17)(H,18,21)/t10-,15-/m1/s1. The van der Waals surface area contributed by atoms with Crippen LogP contribution in [0.1, 0.15) is 6.42 Å².